The van der Waals surface area contributed by atoms with E-state index >= 15 is 0 Å². The maximum atomic E-state index is 13.6. The molecule has 2 amide bonds. The molecule has 3 aromatic rings. The number of halogens is 1. The molecule has 1 atom stereocenters. The monoisotopic (exact) mass is 521 g/mol. The standard InChI is InChI=1S/C28H32FN5O2S/c29-23-11-13-24(14-12-23)34-25(31-32-28(34)37-19-20-7-3-1-4-8-20)16-30-26(35)18-33-17-22(15-27(33)36)21-9-5-2-6-10-21/h2,5-6,9-14,20,22H,1,3-4,7-8,15-19H2,(H,30,35). The van der Waals surface area contributed by atoms with Crippen molar-refractivity contribution in [1.82, 2.24) is 25.0 Å². The van der Waals surface area contributed by atoms with E-state index in [1.54, 1.807) is 28.8 Å². The highest BCUT2D eigenvalue weighted by atomic mass is 32.2. The van der Waals surface area contributed by atoms with E-state index in [1.807, 2.05) is 34.9 Å². The Balaban J connectivity index is 1.23. The van der Waals surface area contributed by atoms with Crippen molar-refractivity contribution in [3.63, 3.8) is 0 Å². The average Bonchev–Trinajstić information content (AvgIpc) is 3.51. The summed E-state index contributed by atoms with van der Waals surface area (Å²) in [5.41, 5.74) is 1.87. The molecule has 9 heteroatoms. The smallest absolute Gasteiger partial charge is 0.240 e. The van der Waals surface area contributed by atoms with Crippen LogP contribution in [0.4, 0.5) is 4.39 Å². The fraction of sp³-hybridized carbons (Fsp3) is 0.429. The summed E-state index contributed by atoms with van der Waals surface area (Å²) in [5, 5.41) is 12.4. The molecule has 1 aromatic heterocycles. The first-order valence-corrected chi connectivity index (χ1v) is 14.0. The fourth-order valence-corrected chi connectivity index (χ4v) is 6.34. The van der Waals surface area contributed by atoms with Gasteiger partial charge in [0.05, 0.1) is 13.1 Å². The average molecular weight is 522 g/mol. The molecule has 37 heavy (non-hydrogen) atoms. The Hall–Kier alpha value is -3.20. The quantitative estimate of drug-likeness (QED) is 0.413. The Morgan fingerprint density at radius 1 is 1.03 bits per heavy atom. The predicted molar refractivity (Wildman–Crippen MR) is 141 cm³/mol. The van der Waals surface area contributed by atoms with Gasteiger partial charge in [-0.1, -0.05) is 61.4 Å². The molecule has 0 spiro atoms. The Morgan fingerprint density at radius 3 is 2.54 bits per heavy atom. The molecular weight excluding hydrogens is 489 g/mol. The predicted octanol–water partition coefficient (Wildman–Crippen LogP) is 4.71. The SMILES string of the molecule is O=C(CN1CC(c2ccccc2)CC1=O)NCc1nnc(SCC2CCCCC2)n1-c1ccc(F)cc1. The Morgan fingerprint density at radius 2 is 1.78 bits per heavy atom. The van der Waals surface area contributed by atoms with E-state index in [0.717, 1.165) is 22.2 Å². The van der Waals surface area contributed by atoms with Crippen molar-refractivity contribution in [1.29, 1.82) is 0 Å². The molecule has 5 rings (SSSR count). The molecule has 7 nitrogen and oxygen atoms in total. The first kappa shape index (κ1) is 25.4. The largest absolute Gasteiger partial charge is 0.347 e. The lowest BCUT2D eigenvalue weighted by Crippen LogP contribution is -2.38. The number of hydrogen-bond acceptors (Lipinski definition) is 5. The second-order valence-corrected chi connectivity index (χ2v) is 10.9. The molecule has 1 unspecified atom stereocenters. The highest BCUT2D eigenvalue weighted by molar-refractivity contribution is 7.99. The summed E-state index contributed by atoms with van der Waals surface area (Å²) in [6.07, 6.45) is 6.75. The summed E-state index contributed by atoms with van der Waals surface area (Å²) >= 11 is 1.66. The zero-order valence-corrected chi connectivity index (χ0v) is 21.6. The van der Waals surface area contributed by atoms with Crippen LogP contribution in [0.2, 0.25) is 0 Å². The van der Waals surface area contributed by atoms with Crippen molar-refractivity contribution in [2.24, 2.45) is 5.92 Å². The highest BCUT2D eigenvalue weighted by Gasteiger charge is 2.31. The number of benzene rings is 2. The summed E-state index contributed by atoms with van der Waals surface area (Å²) in [6, 6.07) is 16.1. The van der Waals surface area contributed by atoms with Gasteiger partial charge >= 0.3 is 0 Å². The summed E-state index contributed by atoms with van der Waals surface area (Å²) in [6.45, 7) is 0.706. The van der Waals surface area contributed by atoms with Crippen molar-refractivity contribution in [3.8, 4) is 5.69 Å². The third kappa shape index (κ3) is 6.39. The van der Waals surface area contributed by atoms with E-state index in [-0.39, 0.29) is 36.6 Å². The van der Waals surface area contributed by atoms with Crippen molar-refractivity contribution in [3.05, 3.63) is 71.8 Å². The van der Waals surface area contributed by atoms with E-state index in [0.29, 0.717) is 24.7 Å². The van der Waals surface area contributed by atoms with Crippen LogP contribution in [0.3, 0.4) is 0 Å². The zero-order chi connectivity index (χ0) is 25.6. The van der Waals surface area contributed by atoms with E-state index in [4.69, 9.17) is 0 Å². The number of carbonyl (C=O) groups is 2. The first-order chi connectivity index (χ1) is 18.1. The first-order valence-electron chi connectivity index (χ1n) is 13.0. The van der Waals surface area contributed by atoms with Gasteiger partial charge < -0.3 is 10.2 Å². The number of amides is 2. The molecule has 2 aliphatic rings. The van der Waals surface area contributed by atoms with Crippen LogP contribution in [0.1, 0.15) is 55.8 Å². The summed E-state index contributed by atoms with van der Waals surface area (Å²) in [4.78, 5) is 26.9. The highest BCUT2D eigenvalue weighted by Crippen LogP contribution is 2.31. The molecule has 0 bridgehead atoms. The van der Waals surface area contributed by atoms with E-state index in [2.05, 4.69) is 15.5 Å². The lowest BCUT2D eigenvalue weighted by atomic mass is 9.91. The number of nitrogens with one attached hydrogen (secondary N) is 1. The number of nitrogens with zero attached hydrogens (tertiary/aromatic N) is 4. The van der Waals surface area contributed by atoms with Crippen LogP contribution < -0.4 is 5.32 Å². The zero-order valence-electron chi connectivity index (χ0n) is 20.8. The summed E-state index contributed by atoms with van der Waals surface area (Å²) < 4.78 is 15.5. The van der Waals surface area contributed by atoms with Crippen molar-refractivity contribution in [2.45, 2.75) is 56.1 Å². The minimum atomic E-state index is -0.313. The van der Waals surface area contributed by atoms with E-state index in [1.165, 1.54) is 44.2 Å². The van der Waals surface area contributed by atoms with Crippen LogP contribution in [0.15, 0.2) is 59.8 Å². The van der Waals surface area contributed by atoms with Gasteiger partial charge in [-0.25, -0.2) is 4.39 Å². The number of thioether (sulfide) groups is 1. The lowest BCUT2D eigenvalue weighted by Gasteiger charge is -2.21. The van der Waals surface area contributed by atoms with Crippen LogP contribution in [0.25, 0.3) is 5.69 Å². The maximum Gasteiger partial charge on any atom is 0.240 e. The molecule has 2 fully saturated rings. The van der Waals surface area contributed by atoms with Crippen LogP contribution in [0, 0.1) is 11.7 Å². The Kier molecular flexibility index (Phi) is 8.18. The summed E-state index contributed by atoms with van der Waals surface area (Å²) in [5.74, 6) is 1.73. The third-order valence-electron chi connectivity index (χ3n) is 7.22. The van der Waals surface area contributed by atoms with E-state index in [9.17, 15) is 14.0 Å². The number of rotatable bonds is 9. The normalized spacial score (nSPS) is 18.4. The topological polar surface area (TPSA) is 80.1 Å². The van der Waals surface area contributed by atoms with Crippen molar-refractivity contribution >= 4 is 23.6 Å². The number of hydrogen-bond donors (Lipinski definition) is 1. The number of aromatic nitrogens is 3. The van der Waals surface area contributed by atoms with Crippen LogP contribution >= 0.6 is 11.8 Å². The van der Waals surface area contributed by atoms with Crippen LogP contribution in [-0.2, 0) is 16.1 Å². The van der Waals surface area contributed by atoms with Gasteiger partial charge in [0.2, 0.25) is 11.8 Å². The molecule has 1 saturated carbocycles. The van der Waals surface area contributed by atoms with Gasteiger partial charge in [-0.3, -0.25) is 14.2 Å². The number of carbonyl (C=O) groups excluding carboxylic acids is 2. The van der Waals surface area contributed by atoms with Gasteiger partial charge in [0.1, 0.15) is 5.82 Å². The van der Waals surface area contributed by atoms with Crippen LogP contribution in [0.5, 0.6) is 0 Å². The van der Waals surface area contributed by atoms with Gasteiger partial charge in [-0.15, -0.1) is 10.2 Å². The van der Waals surface area contributed by atoms with Crippen molar-refractivity contribution in [2.75, 3.05) is 18.8 Å². The minimum Gasteiger partial charge on any atom is -0.347 e. The number of likely N-dealkylation sites (tertiary alicyclic amines) is 1. The Labute approximate surface area is 220 Å². The molecule has 1 aliphatic heterocycles. The molecule has 1 saturated heterocycles. The fourth-order valence-electron chi connectivity index (χ4n) is 5.18. The molecular formula is C28H32FN5O2S. The van der Waals surface area contributed by atoms with Gasteiger partial charge in [0, 0.05) is 30.3 Å². The molecule has 2 aromatic carbocycles. The van der Waals surface area contributed by atoms with Crippen molar-refractivity contribution < 1.29 is 14.0 Å². The van der Waals surface area contributed by atoms with Gasteiger partial charge in [-0.05, 0) is 48.6 Å². The maximum absolute atomic E-state index is 13.6. The Bertz CT molecular complexity index is 1210. The van der Waals surface area contributed by atoms with Gasteiger partial charge in [0.15, 0.2) is 11.0 Å². The minimum absolute atomic E-state index is 0.0101. The molecule has 1 aliphatic carbocycles. The molecule has 1 N–H and O–H groups in total. The van der Waals surface area contributed by atoms with Crippen LogP contribution in [-0.4, -0.2) is 50.3 Å². The van der Waals surface area contributed by atoms with Gasteiger partial charge in [-0.2, -0.15) is 0 Å². The van der Waals surface area contributed by atoms with Gasteiger partial charge in [0.25, 0.3) is 0 Å². The molecule has 194 valence electrons. The second-order valence-electron chi connectivity index (χ2n) is 9.89. The molecule has 2 heterocycles. The third-order valence-corrected chi connectivity index (χ3v) is 8.38. The van der Waals surface area contributed by atoms with E-state index < -0.39 is 0 Å². The lowest BCUT2D eigenvalue weighted by molar-refractivity contribution is -0.133. The second kappa shape index (κ2) is 11.9. The molecule has 0 radical (unpaired) electrons. The summed E-state index contributed by atoms with van der Waals surface area (Å²) in [7, 11) is 0.